The number of ether oxygens (including phenoxy) is 1. The Bertz CT molecular complexity index is 641. The normalized spacial score (nSPS) is 11.5. The largest absolute Gasteiger partial charge is 0.426 e. The second-order valence-corrected chi connectivity index (χ2v) is 5.23. The van der Waals surface area contributed by atoms with Gasteiger partial charge in [-0.25, -0.2) is 0 Å². The molecule has 114 valence electrons. The molecule has 0 aromatic heterocycles. The number of carbonyl (C=O) groups is 2. The summed E-state index contributed by atoms with van der Waals surface area (Å²) in [6.45, 7) is 1.42. The number of hydrogen-bond acceptors (Lipinski definition) is 3. The number of carbonyl (C=O) groups excluding carboxylic acids is 2. The average molecular weight is 318 g/mol. The van der Waals surface area contributed by atoms with Crippen LogP contribution in [0.5, 0.6) is 5.75 Å². The van der Waals surface area contributed by atoms with Gasteiger partial charge in [0.05, 0.1) is 12.5 Å². The molecule has 0 aliphatic rings. The fraction of sp³-hybridized carbons (Fsp3) is 0.176. The number of amides is 1. The van der Waals surface area contributed by atoms with E-state index in [0.29, 0.717) is 10.8 Å². The maximum absolute atomic E-state index is 12.1. The summed E-state index contributed by atoms with van der Waals surface area (Å²) in [5, 5.41) is 3.33. The number of halogens is 1. The summed E-state index contributed by atoms with van der Waals surface area (Å²) in [4.78, 5) is 23.4. The Kier molecular flexibility index (Phi) is 5.55. The van der Waals surface area contributed by atoms with Crippen LogP contribution >= 0.6 is 11.6 Å². The molecule has 2 aromatic carbocycles. The molecule has 0 unspecified atom stereocenters. The Labute approximate surface area is 134 Å². The molecule has 1 amide bonds. The van der Waals surface area contributed by atoms with Gasteiger partial charge >= 0.3 is 5.97 Å². The number of esters is 1. The first-order chi connectivity index (χ1) is 10.5. The molecule has 1 atom stereocenters. The molecule has 5 heteroatoms. The van der Waals surface area contributed by atoms with Crippen LogP contribution in [0.1, 0.15) is 24.9 Å². The SMILES string of the molecule is CC(=O)N[C@H](CC(=O)Oc1ccc(Cl)cc1)c1ccccc1. The van der Waals surface area contributed by atoms with E-state index < -0.39 is 12.0 Å². The first-order valence-electron chi connectivity index (χ1n) is 6.83. The second-order valence-electron chi connectivity index (χ2n) is 4.80. The summed E-state index contributed by atoms with van der Waals surface area (Å²) in [6, 6.07) is 15.4. The maximum Gasteiger partial charge on any atom is 0.313 e. The molecule has 0 aliphatic heterocycles. The molecule has 0 radical (unpaired) electrons. The van der Waals surface area contributed by atoms with E-state index in [0.717, 1.165) is 5.56 Å². The fourth-order valence-electron chi connectivity index (χ4n) is 2.03. The van der Waals surface area contributed by atoms with Crippen molar-refractivity contribution in [2.75, 3.05) is 0 Å². The van der Waals surface area contributed by atoms with E-state index in [1.165, 1.54) is 6.92 Å². The van der Waals surface area contributed by atoms with E-state index in [1.54, 1.807) is 24.3 Å². The standard InChI is InChI=1S/C17H16ClNO3/c1-12(20)19-16(13-5-3-2-4-6-13)11-17(21)22-15-9-7-14(18)8-10-15/h2-10,16H,11H2,1H3,(H,19,20)/t16-/m1/s1. The monoisotopic (exact) mass is 317 g/mol. The van der Waals surface area contributed by atoms with Crippen LogP contribution in [0, 0.1) is 0 Å². The van der Waals surface area contributed by atoms with Gasteiger partial charge in [0, 0.05) is 11.9 Å². The van der Waals surface area contributed by atoms with Crippen LogP contribution in [0.4, 0.5) is 0 Å². The van der Waals surface area contributed by atoms with Crippen molar-refractivity contribution in [3.63, 3.8) is 0 Å². The van der Waals surface area contributed by atoms with Crippen molar-refractivity contribution in [1.29, 1.82) is 0 Å². The number of benzene rings is 2. The highest BCUT2D eigenvalue weighted by Crippen LogP contribution is 2.20. The minimum atomic E-state index is -0.426. The first-order valence-corrected chi connectivity index (χ1v) is 7.20. The zero-order valence-electron chi connectivity index (χ0n) is 12.1. The summed E-state index contributed by atoms with van der Waals surface area (Å²) in [7, 11) is 0. The van der Waals surface area contributed by atoms with Crippen LogP contribution < -0.4 is 10.1 Å². The van der Waals surface area contributed by atoms with Crippen LogP contribution in [0.15, 0.2) is 54.6 Å². The van der Waals surface area contributed by atoms with Crippen LogP contribution in [-0.2, 0) is 9.59 Å². The second kappa shape index (κ2) is 7.61. The van der Waals surface area contributed by atoms with Gasteiger partial charge in [0.15, 0.2) is 0 Å². The third-order valence-electron chi connectivity index (χ3n) is 3.00. The molecular weight excluding hydrogens is 302 g/mol. The van der Waals surface area contributed by atoms with Crippen LogP contribution in [0.3, 0.4) is 0 Å². The van der Waals surface area contributed by atoms with Crippen molar-refractivity contribution in [3.05, 3.63) is 65.2 Å². The maximum atomic E-state index is 12.1. The molecule has 0 fully saturated rings. The van der Waals surface area contributed by atoms with Crippen molar-refractivity contribution >= 4 is 23.5 Å². The molecule has 0 spiro atoms. The molecule has 0 bridgehead atoms. The fourth-order valence-corrected chi connectivity index (χ4v) is 2.15. The first kappa shape index (κ1) is 16.0. The van der Waals surface area contributed by atoms with Crippen LogP contribution in [0.25, 0.3) is 0 Å². The lowest BCUT2D eigenvalue weighted by Crippen LogP contribution is -2.29. The van der Waals surface area contributed by atoms with Crippen molar-refractivity contribution in [2.45, 2.75) is 19.4 Å². The Morgan fingerprint density at radius 1 is 1.09 bits per heavy atom. The van der Waals surface area contributed by atoms with Gasteiger partial charge in [-0.05, 0) is 29.8 Å². The van der Waals surface area contributed by atoms with E-state index in [2.05, 4.69) is 5.32 Å². The average Bonchev–Trinajstić information content (AvgIpc) is 2.49. The molecule has 0 heterocycles. The highest BCUT2D eigenvalue weighted by Gasteiger charge is 2.18. The molecular formula is C17H16ClNO3. The molecule has 22 heavy (non-hydrogen) atoms. The van der Waals surface area contributed by atoms with Crippen molar-refractivity contribution in [1.82, 2.24) is 5.32 Å². The lowest BCUT2D eigenvalue weighted by atomic mass is 10.0. The smallest absolute Gasteiger partial charge is 0.313 e. The summed E-state index contributed by atoms with van der Waals surface area (Å²) in [6.07, 6.45) is 0.0478. The van der Waals surface area contributed by atoms with Crippen molar-refractivity contribution in [2.24, 2.45) is 0 Å². The molecule has 1 N–H and O–H groups in total. The van der Waals surface area contributed by atoms with Gasteiger partial charge in [-0.15, -0.1) is 0 Å². The highest BCUT2D eigenvalue weighted by atomic mass is 35.5. The molecule has 4 nitrogen and oxygen atoms in total. The Morgan fingerprint density at radius 2 is 1.73 bits per heavy atom. The molecule has 0 saturated heterocycles. The van der Waals surface area contributed by atoms with Gasteiger partial charge in [-0.3, -0.25) is 9.59 Å². The molecule has 0 aliphatic carbocycles. The van der Waals surface area contributed by atoms with E-state index in [1.807, 2.05) is 30.3 Å². The van der Waals surface area contributed by atoms with Gasteiger partial charge in [0.2, 0.25) is 5.91 Å². The highest BCUT2D eigenvalue weighted by molar-refractivity contribution is 6.30. The third-order valence-corrected chi connectivity index (χ3v) is 3.25. The van der Waals surface area contributed by atoms with Crippen LogP contribution in [0.2, 0.25) is 5.02 Å². The van der Waals surface area contributed by atoms with Gasteiger partial charge in [-0.2, -0.15) is 0 Å². The lowest BCUT2D eigenvalue weighted by Gasteiger charge is -2.17. The summed E-state index contributed by atoms with van der Waals surface area (Å²) in [5.41, 5.74) is 0.853. The predicted molar refractivity (Wildman–Crippen MR) is 84.7 cm³/mol. The number of nitrogens with one attached hydrogen (secondary N) is 1. The molecule has 0 saturated carbocycles. The van der Waals surface area contributed by atoms with Gasteiger partial charge in [-0.1, -0.05) is 41.9 Å². The zero-order valence-corrected chi connectivity index (χ0v) is 12.8. The Balaban J connectivity index is 2.04. The summed E-state index contributed by atoms with van der Waals surface area (Å²) in [5.74, 6) is -0.206. The van der Waals surface area contributed by atoms with Gasteiger partial charge in [0.25, 0.3) is 0 Å². The van der Waals surface area contributed by atoms with E-state index >= 15 is 0 Å². The van der Waals surface area contributed by atoms with Crippen molar-refractivity contribution < 1.29 is 14.3 Å². The van der Waals surface area contributed by atoms with Gasteiger partial charge < -0.3 is 10.1 Å². The quantitative estimate of drug-likeness (QED) is 0.678. The van der Waals surface area contributed by atoms with E-state index in [9.17, 15) is 9.59 Å². The van der Waals surface area contributed by atoms with Crippen LogP contribution in [-0.4, -0.2) is 11.9 Å². The minimum absolute atomic E-state index is 0.0478. The molecule has 2 rings (SSSR count). The lowest BCUT2D eigenvalue weighted by molar-refractivity contribution is -0.135. The van der Waals surface area contributed by atoms with E-state index in [-0.39, 0.29) is 12.3 Å². The number of hydrogen-bond donors (Lipinski definition) is 1. The van der Waals surface area contributed by atoms with E-state index in [4.69, 9.17) is 16.3 Å². The molecule has 2 aromatic rings. The third kappa shape index (κ3) is 4.90. The topological polar surface area (TPSA) is 55.4 Å². The number of rotatable bonds is 5. The zero-order chi connectivity index (χ0) is 15.9. The Hall–Kier alpha value is -2.33. The van der Waals surface area contributed by atoms with Gasteiger partial charge in [0.1, 0.15) is 5.75 Å². The predicted octanol–water partition coefficient (Wildman–Crippen LogP) is 3.51. The minimum Gasteiger partial charge on any atom is -0.426 e. The van der Waals surface area contributed by atoms with Crippen molar-refractivity contribution in [3.8, 4) is 5.75 Å². The summed E-state index contributed by atoms with van der Waals surface area (Å²) < 4.78 is 5.25. The summed E-state index contributed by atoms with van der Waals surface area (Å²) >= 11 is 5.78. The Morgan fingerprint density at radius 3 is 2.32 bits per heavy atom.